The number of amides is 1. The molecule has 3 aromatic rings. The summed E-state index contributed by atoms with van der Waals surface area (Å²) < 4.78 is 32.2. The van der Waals surface area contributed by atoms with Gasteiger partial charge < -0.3 is 40.2 Å². The predicted octanol–water partition coefficient (Wildman–Crippen LogP) is 2.01. The second-order valence-electron chi connectivity index (χ2n) is 11.9. The molecule has 5 rings (SSSR count). The number of ether oxygens (including phenoxy) is 2. The van der Waals surface area contributed by atoms with Gasteiger partial charge in [0.2, 0.25) is 11.2 Å². The van der Waals surface area contributed by atoms with Gasteiger partial charge in [-0.1, -0.05) is 31.0 Å². The number of nitrogens with two attached hydrogens (primary N) is 1. The van der Waals surface area contributed by atoms with Crippen molar-refractivity contribution in [2.45, 2.75) is 82.4 Å². The third-order valence-electron chi connectivity index (χ3n) is 7.86. The SMILES string of the molecule is CC(C)OC(=O)[C@H](N)NP(=O)(CC(=O)N(C)C[C@H]1O[C@@H](n2cnc3c(NC4CCCC4)nc(Cl)nc32)[C@H](O)[C@@H]1O)Oc1ccccc1. The number of rotatable bonds is 13. The number of anilines is 1. The standard InChI is InChI=1S/C29H40ClN8O8P/c1-16(2)44-28(42)24(31)36-47(43,46-18-11-5-4-6-12-18)14-20(39)37(3)13-19-22(40)23(41)27(45-19)38-15-32-21-25(33-17-9-7-8-10-17)34-29(30)35-26(21)38/h4-6,11-12,15-17,19,22-24,27,40-41H,7-10,13-14,31H2,1-3H3,(H,36,43)(H,33,34,35)/t19-,22-,23-,24-,27-,47?/m1/s1. The molecule has 0 bridgehead atoms. The molecule has 1 aliphatic carbocycles. The molecule has 2 aromatic heterocycles. The second-order valence-corrected chi connectivity index (χ2v) is 14.4. The number of esters is 1. The van der Waals surface area contributed by atoms with Crippen LogP contribution in [-0.4, -0.2) is 103 Å². The quantitative estimate of drug-likeness (QED) is 0.0749. The number of hydrogen-bond acceptors (Lipinski definition) is 13. The third-order valence-corrected chi connectivity index (χ3v) is 9.90. The van der Waals surface area contributed by atoms with E-state index >= 15 is 0 Å². The molecule has 1 saturated carbocycles. The molecule has 6 N–H and O–H groups in total. The molecule has 3 heterocycles. The topological polar surface area (TPSA) is 216 Å². The molecule has 0 spiro atoms. The Hall–Kier alpha value is -3.37. The van der Waals surface area contributed by atoms with Crippen molar-refractivity contribution in [2.24, 2.45) is 5.73 Å². The highest BCUT2D eigenvalue weighted by atomic mass is 35.5. The summed E-state index contributed by atoms with van der Waals surface area (Å²) in [6, 6.07) is 8.34. The molecule has 0 radical (unpaired) electrons. The molecule has 2 fully saturated rings. The molecule has 1 aromatic carbocycles. The van der Waals surface area contributed by atoms with Gasteiger partial charge in [0.25, 0.3) is 0 Å². The van der Waals surface area contributed by atoms with Gasteiger partial charge in [0.05, 0.1) is 12.4 Å². The number of imidazole rings is 1. The Labute approximate surface area is 276 Å². The Balaban J connectivity index is 1.28. The Morgan fingerprint density at radius 3 is 2.57 bits per heavy atom. The van der Waals surface area contributed by atoms with Crippen molar-refractivity contribution in [3.63, 3.8) is 0 Å². The maximum Gasteiger partial charge on any atom is 0.338 e. The summed E-state index contributed by atoms with van der Waals surface area (Å²) in [7, 11) is -2.73. The van der Waals surface area contributed by atoms with E-state index in [0.717, 1.165) is 25.7 Å². The van der Waals surface area contributed by atoms with E-state index in [1.807, 2.05) is 0 Å². The van der Waals surface area contributed by atoms with Crippen LogP contribution in [0.5, 0.6) is 5.75 Å². The van der Waals surface area contributed by atoms with Crippen LogP contribution in [0.2, 0.25) is 5.28 Å². The number of hydrogen-bond donors (Lipinski definition) is 5. The lowest BCUT2D eigenvalue weighted by Crippen LogP contribution is -2.47. The van der Waals surface area contributed by atoms with Crippen molar-refractivity contribution < 1.29 is 38.4 Å². The fourth-order valence-electron chi connectivity index (χ4n) is 5.55. The Morgan fingerprint density at radius 2 is 1.89 bits per heavy atom. The molecule has 1 unspecified atom stereocenters. The first-order valence-electron chi connectivity index (χ1n) is 15.3. The van der Waals surface area contributed by atoms with Crippen LogP contribution in [0.15, 0.2) is 36.7 Å². The summed E-state index contributed by atoms with van der Waals surface area (Å²) in [4.78, 5) is 39.9. The molecule has 6 atom stereocenters. The number of benzene rings is 1. The smallest absolute Gasteiger partial charge is 0.338 e. The highest BCUT2D eigenvalue weighted by molar-refractivity contribution is 7.58. The molecule has 1 aliphatic heterocycles. The fourth-order valence-corrected chi connectivity index (χ4v) is 7.51. The number of fused-ring (bicyclic) bond motifs is 1. The van der Waals surface area contributed by atoms with Crippen molar-refractivity contribution in [3.05, 3.63) is 41.9 Å². The largest absolute Gasteiger partial charge is 0.461 e. The van der Waals surface area contributed by atoms with Crippen LogP contribution in [0.1, 0.15) is 45.8 Å². The average Bonchev–Trinajstić information content (AvgIpc) is 3.74. The van der Waals surface area contributed by atoms with Gasteiger partial charge in [0.1, 0.15) is 30.2 Å². The minimum atomic E-state index is -4.14. The number of likely N-dealkylation sites (N-methyl/N-ethyl adjacent to an activating group) is 1. The minimum Gasteiger partial charge on any atom is -0.461 e. The van der Waals surface area contributed by atoms with E-state index in [9.17, 15) is 24.4 Å². The Bertz CT molecular complexity index is 1610. The van der Waals surface area contributed by atoms with E-state index in [0.29, 0.717) is 17.0 Å². The van der Waals surface area contributed by atoms with Crippen molar-refractivity contribution in [1.82, 2.24) is 29.5 Å². The molecule has 1 saturated heterocycles. The number of carbonyl (C=O) groups is 2. The van der Waals surface area contributed by atoms with E-state index in [1.165, 1.54) is 35.0 Å². The van der Waals surface area contributed by atoms with Gasteiger partial charge in [-0.3, -0.25) is 13.9 Å². The summed E-state index contributed by atoms with van der Waals surface area (Å²) in [6.07, 6.45) is -2.09. The van der Waals surface area contributed by atoms with Crippen LogP contribution in [0.25, 0.3) is 11.2 Å². The van der Waals surface area contributed by atoms with E-state index < -0.39 is 62.4 Å². The normalized spacial score (nSPS) is 23.5. The monoisotopic (exact) mass is 694 g/mol. The van der Waals surface area contributed by atoms with Gasteiger partial charge in [0.15, 0.2) is 29.4 Å². The van der Waals surface area contributed by atoms with E-state index in [-0.39, 0.29) is 23.6 Å². The number of aliphatic hydroxyl groups is 2. The lowest BCUT2D eigenvalue weighted by atomic mass is 10.1. The summed E-state index contributed by atoms with van der Waals surface area (Å²) in [6.45, 7) is 3.07. The van der Waals surface area contributed by atoms with E-state index in [1.54, 1.807) is 32.0 Å². The van der Waals surface area contributed by atoms with Gasteiger partial charge in [-0.2, -0.15) is 9.97 Å². The second kappa shape index (κ2) is 14.8. The first-order valence-corrected chi connectivity index (χ1v) is 17.5. The van der Waals surface area contributed by atoms with Crippen molar-refractivity contribution in [2.75, 3.05) is 25.1 Å². The average molecular weight is 695 g/mol. The molecular weight excluding hydrogens is 655 g/mol. The lowest BCUT2D eigenvalue weighted by Gasteiger charge is -2.27. The van der Waals surface area contributed by atoms with Gasteiger partial charge in [0, 0.05) is 19.6 Å². The molecule has 256 valence electrons. The third kappa shape index (κ3) is 8.38. The number of para-hydroxylation sites is 1. The van der Waals surface area contributed by atoms with Crippen LogP contribution in [0.3, 0.4) is 0 Å². The molecule has 16 nitrogen and oxygen atoms in total. The first kappa shape index (κ1) is 35.0. The number of halogens is 1. The van der Waals surface area contributed by atoms with Gasteiger partial charge >= 0.3 is 13.5 Å². The zero-order valence-corrected chi connectivity index (χ0v) is 27.9. The van der Waals surface area contributed by atoms with E-state index in [4.69, 9.17) is 31.3 Å². The fraction of sp³-hybridized carbons (Fsp3) is 0.552. The van der Waals surface area contributed by atoms with Crippen molar-refractivity contribution >= 4 is 48.0 Å². The Kier molecular flexibility index (Phi) is 11.0. The van der Waals surface area contributed by atoms with Crippen LogP contribution in [0.4, 0.5) is 5.82 Å². The number of nitrogens with zero attached hydrogens (tertiary/aromatic N) is 5. The van der Waals surface area contributed by atoms with Crippen molar-refractivity contribution in [1.29, 1.82) is 0 Å². The van der Waals surface area contributed by atoms with Crippen LogP contribution in [0, 0.1) is 0 Å². The van der Waals surface area contributed by atoms with Crippen LogP contribution in [-0.2, 0) is 23.6 Å². The zero-order valence-electron chi connectivity index (χ0n) is 26.2. The minimum absolute atomic E-state index is 0.0254. The number of carbonyl (C=O) groups excluding carboxylic acids is 2. The lowest BCUT2D eigenvalue weighted by molar-refractivity contribution is -0.149. The number of aromatic nitrogens is 4. The van der Waals surface area contributed by atoms with Crippen LogP contribution >= 0.6 is 19.1 Å². The maximum atomic E-state index is 13.9. The maximum absolute atomic E-state index is 13.9. The zero-order chi connectivity index (χ0) is 33.9. The Morgan fingerprint density at radius 1 is 1.19 bits per heavy atom. The summed E-state index contributed by atoms with van der Waals surface area (Å²) in [5.74, 6) is -0.902. The first-order chi connectivity index (χ1) is 22.3. The molecular formula is C29H40ClN8O8P. The van der Waals surface area contributed by atoms with Gasteiger partial charge in [-0.05, 0) is 50.4 Å². The predicted molar refractivity (Wildman–Crippen MR) is 172 cm³/mol. The summed E-state index contributed by atoms with van der Waals surface area (Å²) in [5.41, 5.74) is 6.64. The van der Waals surface area contributed by atoms with Crippen molar-refractivity contribution in [3.8, 4) is 5.75 Å². The molecule has 1 amide bonds. The molecule has 18 heteroatoms. The number of aliphatic hydroxyl groups excluding tert-OH is 2. The molecule has 2 aliphatic rings. The summed E-state index contributed by atoms with van der Waals surface area (Å²) in [5, 5.41) is 27.7. The highest BCUT2D eigenvalue weighted by Gasteiger charge is 2.45. The number of nitrogens with one attached hydrogen (secondary N) is 2. The van der Waals surface area contributed by atoms with Gasteiger partial charge in [-0.15, -0.1) is 0 Å². The van der Waals surface area contributed by atoms with E-state index in [2.05, 4.69) is 25.4 Å². The molecule has 47 heavy (non-hydrogen) atoms. The highest BCUT2D eigenvalue weighted by Crippen LogP contribution is 2.43. The summed E-state index contributed by atoms with van der Waals surface area (Å²) >= 11 is 6.24. The van der Waals surface area contributed by atoms with Crippen LogP contribution < -0.4 is 20.7 Å². The van der Waals surface area contributed by atoms with Gasteiger partial charge in [-0.25, -0.2) is 14.9 Å².